The number of hydrogen-bond donors (Lipinski definition) is 2. The second-order valence-corrected chi connectivity index (χ2v) is 7.85. The van der Waals surface area contributed by atoms with Gasteiger partial charge in [-0.1, -0.05) is 23.7 Å². The minimum atomic E-state index is -0.638. The molecule has 6 nitrogen and oxygen atoms in total. The molecule has 150 valence electrons. The number of imidazole rings is 1. The first-order valence-corrected chi connectivity index (χ1v) is 10.1. The molecule has 0 saturated heterocycles. The Hall–Kier alpha value is -2.54. The number of aromatic amines is 1. The lowest BCUT2D eigenvalue weighted by Gasteiger charge is -2.39. The fourth-order valence-corrected chi connectivity index (χ4v) is 4.40. The highest BCUT2D eigenvalue weighted by molar-refractivity contribution is 6.33. The fourth-order valence-electron chi connectivity index (χ4n) is 4.17. The number of rotatable bonds is 3. The van der Waals surface area contributed by atoms with Gasteiger partial charge in [0.1, 0.15) is 30.0 Å². The summed E-state index contributed by atoms with van der Waals surface area (Å²) in [6, 6.07) is 13.1. The molecule has 0 fully saturated rings. The van der Waals surface area contributed by atoms with Crippen molar-refractivity contribution < 1.29 is 14.6 Å². The second-order valence-electron chi connectivity index (χ2n) is 7.44. The van der Waals surface area contributed by atoms with Crippen LogP contribution in [0.4, 0.5) is 0 Å². The van der Waals surface area contributed by atoms with E-state index in [-0.39, 0.29) is 6.04 Å². The number of aliphatic hydroxyl groups is 1. The Bertz CT molecular complexity index is 1050. The van der Waals surface area contributed by atoms with E-state index in [2.05, 4.69) is 9.88 Å². The van der Waals surface area contributed by atoms with E-state index in [4.69, 9.17) is 26.1 Å². The lowest BCUT2D eigenvalue weighted by molar-refractivity contribution is -0.00365. The van der Waals surface area contributed by atoms with E-state index in [0.717, 1.165) is 47.1 Å². The average molecular weight is 412 g/mol. The third kappa shape index (κ3) is 3.27. The summed E-state index contributed by atoms with van der Waals surface area (Å²) < 4.78 is 11.2. The molecular weight excluding hydrogens is 390 g/mol. The number of halogens is 1. The van der Waals surface area contributed by atoms with Crippen molar-refractivity contribution >= 4 is 11.6 Å². The number of aliphatic hydroxyl groups excluding tert-OH is 1. The van der Waals surface area contributed by atoms with Crippen LogP contribution in [0.25, 0.3) is 11.4 Å². The van der Waals surface area contributed by atoms with Gasteiger partial charge in [0, 0.05) is 30.6 Å². The van der Waals surface area contributed by atoms with E-state index < -0.39 is 6.10 Å². The van der Waals surface area contributed by atoms with Gasteiger partial charge in [-0.25, -0.2) is 4.98 Å². The molecule has 0 saturated carbocycles. The van der Waals surface area contributed by atoms with E-state index >= 15 is 0 Å². The first-order valence-electron chi connectivity index (χ1n) is 9.69. The Labute approximate surface area is 174 Å². The standard InChI is InChI=1S/C22H22ClN3O3/c1-28-13-6-7-20-15(10-13)21(27)19(12-29-20)26-9-8-17-18(11-26)25-22(24-17)14-4-2-3-5-16(14)23/h2-7,10,19,21,27H,8-9,11-12H2,1H3,(H,24,25). The van der Waals surface area contributed by atoms with Crippen LogP contribution in [0, 0.1) is 0 Å². The van der Waals surface area contributed by atoms with Crippen molar-refractivity contribution in [2.75, 3.05) is 20.3 Å². The van der Waals surface area contributed by atoms with Crippen LogP contribution in [0.1, 0.15) is 23.1 Å². The molecule has 2 aliphatic heterocycles. The Morgan fingerprint density at radius 2 is 2.14 bits per heavy atom. The van der Waals surface area contributed by atoms with Crippen LogP contribution < -0.4 is 9.47 Å². The number of nitrogens with zero attached hydrogens (tertiary/aromatic N) is 2. The van der Waals surface area contributed by atoms with E-state index in [1.54, 1.807) is 7.11 Å². The van der Waals surface area contributed by atoms with E-state index in [9.17, 15) is 5.11 Å². The maximum Gasteiger partial charge on any atom is 0.139 e. The molecule has 0 bridgehead atoms. The summed E-state index contributed by atoms with van der Waals surface area (Å²) in [6.07, 6.45) is 0.172. The largest absolute Gasteiger partial charge is 0.497 e. The zero-order valence-electron chi connectivity index (χ0n) is 16.1. The van der Waals surface area contributed by atoms with Crippen LogP contribution >= 0.6 is 11.6 Å². The van der Waals surface area contributed by atoms with Gasteiger partial charge in [0.2, 0.25) is 0 Å². The van der Waals surface area contributed by atoms with Gasteiger partial charge in [-0.15, -0.1) is 0 Å². The molecule has 7 heteroatoms. The monoisotopic (exact) mass is 411 g/mol. The SMILES string of the molecule is COc1ccc2c(c1)C(O)C(N1CCc3nc(-c4ccccc4Cl)[nH]c3C1)CO2. The predicted molar refractivity (Wildman–Crippen MR) is 110 cm³/mol. The number of ether oxygens (including phenoxy) is 2. The molecule has 1 aromatic heterocycles. The zero-order chi connectivity index (χ0) is 20.0. The molecule has 3 aromatic rings. The maximum atomic E-state index is 11.0. The van der Waals surface area contributed by atoms with Gasteiger partial charge in [0.15, 0.2) is 0 Å². The highest BCUT2D eigenvalue weighted by Gasteiger charge is 2.36. The second kappa shape index (κ2) is 7.37. The van der Waals surface area contributed by atoms with Crippen LogP contribution in [-0.4, -0.2) is 46.3 Å². The van der Waals surface area contributed by atoms with Gasteiger partial charge in [-0.2, -0.15) is 0 Å². The molecule has 2 aliphatic rings. The van der Waals surface area contributed by atoms with E-state index in [0.29, 0.717) is 23.9 Å². The lowest BCUT2D eigenvalue weighted by Crippen LogP contribution is -2.47. The number of benzene rings is 2. The highest BCUT2D eigenvalue weighted by Crippen LogP contribution is 2.38. The van der Waals surface area contributed by atoms with Crippen molar-refractivity contribution in [1.82, 2.24) is 14.9 Å². The first kappa shape index (κ1) is 18.5. The number of nitrogens with one attached hydrogen (secondary N) is 1. The molecule has 3 heterocycles. The third-order valence-electron chi connectivity index (χ3n) is 5.77. The quantitative estimate of drug-likeness (QED) is 0.689. The molecule has 2 N–H and O–H groups in total. The van der Waals surface area contributed by atoms with Gasteiger partial charge in [-0.05, 0) is 30.3 Å². The zero-order valence-corrected chi connectivity index (χ0v) is 16.8. The number of fused-ring (bicyclic) bond motifs is 2. The molecule has 0 spiro atoms. The topological polar surface area (TPSA) is 70.6 Å². The summed E-state index contributed by atoms with van der Waals surface area (Å²) >= 11 is 6.33. The normalized spacial score (nSPS) is 21.2. The van der Waals surface area contributed by atoms with Crippen molar-refractivity contribution in [3.63, 3.8) is 0 Å². The van der Waals surface area contributed by atoms with Gasteiger partial charge in [0.25, 0.3) is 0 Å². The van der Waals surface area contributed by atoms with E-state index in [1.807, 2.05) is 42.5 Å². The fraction of sp³-hybridized carbons (Fsp3) is 0.318. The molecule has 2 atom stereocenters. The molecule has 5 rings (SSSR count). The summed E-state index contributed by atoms with van der Waals surface area (Å²) in [4.78, 5) is 10.4. The van der Waals surface area contributed by atoms with Crippen LogP contribution in [0.3, 0.4) is 0 Å². The summed E-state index contributed by atoms with van der Waals surface area (Å²) in [7, 11) is 1.62. The summed E-state index contributed by atoms with van der Waals surface area (Å²) in [5.41, 5.74) is 3.80. The molecule has 29 heavy (non-hydrogen) atoms. The van der Waals surface area contributed by atoms with Crippen molar-refractivity contribution in [1.29, 1.82) is 0 Å². The summed E-state index contributed by atoms with van der Waals surface area (Å²) in [5, 5.41) is 11.7. The third-order valence-corrected chi connectivity index (χ3v) is 6.10. The van der Waals surface area contributed by atoms with Crippen molar-refractivity contribution in [3.05, 3.63) is 64.4 Å². The predicted octanol–water partition coefficient (Wildman–Crippen LogP) is 3.59. The Kier molecular flexibility index (Phi) is 4.70. The van der Waals surface area contributed by atoms with Gasteiger partial charge in [0.05, 0.1) is 29.6 Å². The molecule has 2 aromatic carbocycles. The van der Waals surface area contributed by atoms with E-state index in [1.165, 1.54) is 0 Å². The van der Waals surface area contributed by atoms with Crippen molar-refractivity contribution in [3.8, 4) is 22.9 Å². The number of hydrogen-bond acceptors (Lipinski definition) is 5. The minimum Gasteiger partial charge on any atom is -0.497 e. The van der Waals surface area contributed by atoms with Crippen LogP contribution in [0.5, 0.6) is 11.5 Å². The number of H-pyrrole nitrogens is 1. The van der Waals surface area contributed by atoms with Crippen LogP contribution in [-0.2, 0) is 13.0 Å². The Balaban J connectivity index is 1.39. The lowest BCUT2D eigenvalue weighted by atomic mass is 9.96. The van der Waals surface area contributed by atoms with Crippen molar-refractivity contribution in [2.24, 2.45) is 0 Å². The van der Waals surface area contributed by atoms with Crippen LogP contribution in [0.15, 0.2) is 42.5 Å². The highest BCUT2D eigenvalue weighted by atomic mass is 35.5. The molecule has 0 aliphatic carbocycles. The smallest absolute Gasteiger partial charge is 0.139 e. The maximum absolute atomic E-state index is 11.0. The van der Waals surface area contributed by atoms with Gasteiger partial charge in [-0.3, -0.25) is 4.90 Å². The molecule has 0 radical (unpaired) electrons. The first-order chi connectivity index (χ1) is 14.1. The van der Waals surface area contributed by atoms with Crippen molar-refractivity contribution in [2.45, 2.75) is 25.1 Å². The number of methoxy groups -OCH3 is 1. The number of aromatic nitrogens is 2. The van der Waals surface area contributed by atoms with Crippen LogP contribution in [0.2, 0.25) is 5.02 Å². The summed E-state index contributed by atoms with van der Waals surface area (Å²) in [6.45, 7) is 1.93. The van der Waals surface area contributed by atoms with Gasteiger partial charge >= 0.3 is 0 Å². The molecule has 0 amide bonds. The van der Waals surface area contributed by atoms with Gasteiger partial charge < -0.3 is 19.6 Å². The Morgan fingerprint density at radius 3 is 2.97 bits per heavy atom. The average Bonchev–Trinajstić information content (AvgIpc) is 3.17. The minimum absolute atomic E-state index is 0.130. The summed E-state index contributed by atoms with van der Waals surface area (Å²) in [5.74, 6) is 2.22. The Morgan fingerprint density at radius 1 is 1.28 bits per heavy atom. The molecule has 2 unspecified atom stereocenters. The molecular formula is C22H22ClN3O3.